The fourth-order valence-corrected chi connectivity index (χ4v) is 3.41. The zero-order valence-electron chi connectivity index (χ0n) is 15.2. The third-order valence-electron chi connectivity index (χ3n) is 4.82. The van der Waals surface area contributed by atoms with Gasteiger partial charge in [0.2, 0.25) is 5.91 Å². The molecule has 0 spiro atoms. The number of imidazole rings is 1. The van der Waals surface area contributed by atoms with Crippen molar-refractivity contribution in [2.24, 2.45) is 0 Å². The third-order valence-corrected chi connectivity index (χ3v) is 4.82. The number of anilines is 2. The van der Waals surface area contributed by atoms with Gasteiger partial charge in [0.25, 0.3) is 5.91 Å². The molecule has 1 aliphatic heterocycles. The van der Waals surface area contributed by atoms with Crippen LogP contribution in [-0.4, -0.2) is 21.4 Å². The molecule has 6 nitrogen and oxygen atoms in total. The first-order chi connectivity index (χ1) is 12.9. The Labute approximate surface area is 157 Å². The van der Waals surface area contributed by atoms with Gasteiger partial charge in [0.15, 0.2) is 0 Å². The molecule has 0 atom stereocenters. The molecule has 2 N–H and O–H groups in total. The number of fused-ring (bicyclic) bond motifs is 1. The molecule has 1 aliphatic rings. The predicted octanol–water partition coefficient (Wildman–Crippen LogP) is 3.74. The second-order valence-electron chi connectivity index (χ2n) is 7.34. The van der Waals surface area contributed by atoms with Crippen molar-refractivity contribution < 1.29 is 9.59 Å². The summed E-state index contributed by atoms with van der Waals surface area (Å²) in [6, 6.07) is 12.9. The van der Waals surface area contributed by atoms with Gasteiger partial charge in [0.05, 0.1) is 6.33 Å². The van der Waals surface area contributed by atoms with E-state index in [9.17, 15) is 9.59 Å². The number of carbonyl (C=O) groups is 2. The zero-order valence-corrected chi connectivity index (χ0v) is 15.2. The highest BCUT2D eigenvalue weighted by Gasteiger charge is 2.31. The van der Waals surface area contributed by atoms with Crippen molar-refractivity contribution >= 4 is 23.2 Å². The molecule has 0 bridgehead atoms. The second kappa shape index (κ2) is 6.39. The number of nitrogens with one attached hydrogen (secondary N) is 2. The Morgan fingerprint density at radius 2 is 1.96 bits per heavy atom. The lowest BCUT2D eigenvalue weighted by molar-refractivity contribution is -0.117. The molecule has 0 aliphatic carbocycles. The van der Waals surface area contributed by atoms with Gasteiger partial charge in [-0.3, -0.25) is 9.59 Å². The first-order valence-electron chi connectivity index (χ1n) is 8.76. The molecule has 0 radical (unpaired) electrons. The summed E-state index contributed by atoms with van der Waals surface area (Å²) in [5.74, 6) is -0.209. The van der Waals surface area contributed by atoms with E-state index in [1.165, 1.54) is 0 Å². The van der Waals surface area contributed by atoms with Gasteiger partial charge in [0, 0.05) is 46.9 Å². The number of rotatable bonds is 3. The lowest BCUT2D eigenvalue weighted by Crippen LogP contribution is -2.32. The lowest BCUT2D eigenvalue weighted by Gasteiger charge is -2.32. The van der Waals surface area contributed by atoms with Gasteiger partial charge >= 0.3 is 0 Å². The van der Waals surface area contributed by atoms with Crippen molar-refractivity contribution in [3.63, 3.8) is 0 Å². The normalized spacial score (nSPS) is 15.0. The molecule has 2 amide bonds. The fraction of sp³-hybridized carbons (Fsp3) is 0.190. The predicted molar refractivity (Wildman–Crippen MR) is 104 cm³/mol. The molecular weight excluding hydrogens is 340 g/mol. The topological polar surface area (TPSA) is 76.0 Å². The van der Waals surface area contributed by atoms with Gasteiger partial charge in [-0.15, -0.1) is 0 Å². The van der Waals surface area contributed by atoms with Crippen LogP contribution in [0.25, 0.3) is 5.69 Å². The van der Waals surface area contributed by atoms with Gasteiger partial charge in [-0.25, -0.2) is 4.98 Å². The molecule has 136 valence electrons. The number of amides is 2. The minimum absolute atomic E-state index is 0.00827. The molecule has 2 heterocycles. The SMILES string of the molecule is CC1(C)CC(=O)Nc2cc(NC(=O)c3ccc(-n4ccnc4)cc3)ccc21. The van der Waals surface area contributed by atoms with E-state index in [1.54, 1.807) is 24.7 Å². The summed E-state index contributed by atoms with van der Waals surface area (Å²) in [6.07, 6.45) is 5.71. The molecular formula is C21H20N4O2. The number of aromatic nitrogens is 2. The summed E-state index contributed by atoms with van der Waals surface area (Å²) in [6.45, 7) is 4.09. The Morgan fingerprint density at radius 1 is 1.19 bits per heavy atom. The maximum absolute atomic E-state index is 12.6. The summed E-state index contributed by atoms with van der Waals surface area (Å²) in [5, 5.41) is 5.79. The number of nitrogens with zero attached hydrogens (tertiary/aromatic N) is 2. The monoisotopic (exact) mass is 360 g/mol. The molecule has 2 aromatic carbocycles. The highest BCUT2D eigenvalue weighted by molar-refractivity contribution is 6.05. The largest absolute Gasteiger partial charge is 0.326 e. The number of hydrogen-bond donors (Lipinski definition) is 2. The summed E-state index contributed by atoms with van der Waals surface area (Å²) >= 11 is 0. The number of benzene rings is 2. The maximum atomic E-state index is 12.6. The number of hydrogen-bond acceptors (Lipinski definition) is 3. The van der Waals surface area contributed by atoms with E-state index in [1.807, 2.05) is 54.9 Å². The molecule has 1 aromatic heterocycles. The third kappa shape index (κ3) is 3.33. The molecule has 3 aromatic rings. The quantitative estimate of drug-likeness (QED) is 0.747. The minimum atomic E-state index is -0.219. The van der Waals surface area contributed by atoms with Crippen molar-refractivity contribution in [3.05, 3.63) is 72.3 Å². The molecule has 0 saturated heterocycles. The minimum Gasteiger partial charge on any atom is -0.326 e. The molecule has 4 rings (SSSR count). The van der Waals surface area contributed by atoms with Crippen LogP contribution in [0.2, 0.25) is 0 Å². The highest BCUT2D eigenvalue weighted by Crippen LogP contribution is 2.38. The van der Waals surface area contributed by atoms with Crippen molar-refractivity contribution in [1.29, 1.82) is 0 Å². The van der Waals surface area contributed by atoms with Crippen LogP contribution in [0.5, 0.6) is 0 Å². The molecule has 0 saturated carbocycles. The van der Waals surface area contributed by atoms with E-state index >= 15 is 0 Å². The maximum Gasteiger partial charge on any atom is 0.255 e. The molecule has 6 heteroatoms. The van der Waals surface area contributed by atoms with E-state index < -0.39 is 0 Å². The summed E-state index contributed by atoms with van der Waals surface area (Å²) in [5.41, 5.74) is 3.75. The first-order valence-corrected chi connectivity index (χ1v) is 8.76. The van der Waals surface area contributed by atoms with Crippen molar-refractivity contribution in [1.82, 2.24) is 9.55 Å². The first kappa shape index (κ1) is 17.0. The Kier molecular flexibility index (Phi) is 4.03. The average Bonchev–Trinajstić information content (AvgIpc) is 3.15. The van der Waals surface area contributed by atoms with Crippen molar-refractivity contribution in [3.8, 4) is 5.69 Å². The molecule has 0 fully saturated rings. The average molecular weight is 360 g/mol. The van der Waals surface area contributed by atoms with Crippen LogP contribution in [0.4, 0.5) is 11.4 Å². The van der Waals surface area contributed by atoms with Crippen LogP contribution in [0, 0.1) is 0 Å². The Balaban J connectivity index is 1.53. The van der Waals surface area contributed by atoms with Crippen LogP contribution in [0.3, 0.4) is 0 Å². The summed E-state index contributed by atoms with van der Waals surface area (Å²) < 4.78 is 1.87. The lowest BCUT2D eigenvalue weighted by atomic mass is 9.78. The standard InChI is InChI=1S/C21H20N4O2/c1-21(2)12-19(26)24-18-11-15(5-8-17(18)21)23-20(27)14-3-6-16(7-4-14)25-10-9-22-13-25/h3-11,13H,12H2,1-2H3,(H,23,27)(H,24,26). The highest BCUT2D eigenvalue weighted by atomic mass is 16.2. The Hall–Kier alpha value is -3.41. The Morgan fingerprint density at radius 3 is 2.67 bits per heavy atom. The van der Waals surface area contributed by atoms with Gasteiger partial charge in [0.1, 0.15) is 0 Å². The van der Waals surface area contributed by atoms with E-state index in [2.05, 4.69) is 15.6 Å². The number of carbonyl (C=O) groups excluding carboxylic acids is 2. The van der Waals surface area contributed by atoms with Crippen LogP contribution in [0.15, 0.2) is 61.2 Å². The van der Waals surface area contributed by atoms with Crippen molar-refractivity contribution in [2.75, 3.05) is 10.6 Å². The van der Waals surface area contributed by atoms with Crippen molar-refractivity contribution in [2.45, 2.75) is 25.7 Å². The van der Waals surface area contributed by atoms with Crippen LogP contribution in [0.1, 0.15) is 36.2 Å². The summed E-state index contributed by atoms with van der Waals surface area (Å²) in [4.78, 5) is 28.5. The van der Waals surface area contributed by atoms with E-state index in [4.69, 9.17) is 0 Å². The summed E-state index contributed by atoms with van der Waals surface area (Å²) in [7, 11) is 0. The van der Waals surface area contributed by atoms with E-state index in [0.717, 1.165) is 16.9 Å². The second-order valence-corrected chi connectivity index (χ2v) is 7.34. The van der Waals surface area contributed by atoms with Gasteiger partial charge in [-0.1, -0.05) is 19.9 Å². The fourth-order valence-electron chi connectivity index (χ4n) is 3.41. The zero-order chi connectivity index (χ0) is 19.0. The van der Waals surface area contributed by atoms with Gasteiger partial charge in [-0.05, 0) is 42.0 Å². The van der Waals surface area contributed by atoms with Crippen LogP contribution in [-0.2, 0) is 10.2 Å². The van der Waals surface area contributed by atoms with E-state index in [-0.39, 0.29) is 17.2 Å². The van der Waals surface area contributed by atoms with Gasteiger partial charge < -0.3 is 15.2 Å². The molecule has 27 heavy (non-hydrogen) atoms. The van der Waals surface area contributed by atoms with E-state index in [0.29, 0.717) is 17.7 Å². The Bertz CT molecular complexity index is 1010. The van der Waals surface area contributed by atoms with Crippen LogP contribution < -0.4 is 10.6 Å². The smallest absolute Gasteiger partial charge is 0.255 e. The van der Waals surface area contributed by atoms with Crippen LogP contribution >= 0.6 is 0 Å². The molecule has 0 unspecified atom stereocenters. The van der Waals surface area contributed by atoms with Gasteiger partial charge in [-0.2, -0.15) is 0 Å².